The van der Waals surface area contributed by atoms with E-state index < -0.39 is 10.0 Å². The Morgan fingerprint density at radius 1 is 1.45 bits per heavy atom. The highest BCUT2D eigenvalue weighted by Gasteiger charge is 2.22. The van der Waals surface area contributed by atoms with Crippen molar-refractivity contribution in [3.05, 3.63) is 18.2 Å². The van der Waals surface area contributed by atoms with E-state index in [1.165, 1.54) is 7.11 Å². The second-order valence-electron chi connectivity index (χ2n) is 5.10. The molecule has 1 fully saturated rings. The molecular formula is C14H21N3O4S. The molecular weight excluding hydrogens is 306 g/mol. The molecule has 1 aromatic rings. The number of nitrogens with one attached hydrogen (secondary N) is 3. The fraction of sp³-hybridized carbons (Fsp3) is 0.500. The summed E-state index contributed by atoms with van der Waals surface area (Å²) < 4.78 is 30.9. The summed E-state index contributed by atoms with van der Waals surface area (Å²) in [4.78, 5) is 12.1. The van der Waals surface area contributed by atoms with Crippen molar-refractivity contribution in [1.29, 1.82) is 0 Å². The highest BCUT2D eigenvalue weighted by Crippen LogP contribution is 2.29. The Kier molecular flexibility index (Phi) is 5.25. The third-order valence-electron chi connectivity index (χ3n) is 3.55. The number of benzene rings is 1. The molecule has 0 aliphatic carbocycles. The lowest BCUT2D eigenvalue weighted by Gasteiger charge is -2.14. The normalized spacial score (nSPS) is 18.0. The summed E-state index contributed by atoms with van der Waals surface area (Å²) >= 11 is 0. The van der Waals surface area contributed by atoms with Gasteiger partial charge in [-0.1, -0.05) is 0 Å². The van der Waals surface area contributed by atoms with Gasteiger partial charge in [-0.2, -0.15) is 0 Å². The van der Waals surface area contributed by atoms with Gasteiger partial charge in [0, 0.05) is 18.3 Å². The van der Waals surface area contributed by atoms with Crippen LogP contribution in [0.4, 0.5) is 11.4 Å². The first-order valence-corrected chi connectivity index (χ1v) is 8.80. The Hall–Kier alpha value is -1.80. The molecule has 0 aromatic heterocycles. The van der Waals surface area contributed by atoms with Gasteiger partial charge in [-0.15, -0.1) is 0 Å². The van der Waals surface area contributed by atoms with Gasteiger partial charge in [0.25, 0.3) is 0 Å². The number of rotatable bonds is 6. The molecule has 1 atom stereocenters. The molecule has 1 amide bonds. The first-order chi connectivity index (χ1) is 10.4. The van der Waals surface area contributed by atoms with E-state index in [1.807, 2.05) is 0 Å². The minimum Gasteiger partial charge on any atom is -0.494 e. The lowest BCUT2D eigenvalue weighted by atomic mass is 10.1. The monoisotopic (exact) mass is 327 g/mol. The van der Waals surface area contributed by atoms with E-state index in [2.05, 4.69) is 15.4 Å². The number of hydrogen-bond donors (Lipinski definition) is 3. The van der Waals surface area contributed by atoms with Crippen LogP contribution in [-0.2, 0) is 14.8 Å². The van der Waals surface area contributed by atoms with Gasteiger partial charge in [0.2, 0.25) is 15.9 Å². The van der Waals surface area contributed by atoms with Crippen LogP contribution in [0, 0.1) is 5.92 Å². The third kappa shape index (κ3) is 4.11. The van der Waals surface area contributed by atoms with Gasteiger partial charge >= 0.3 is 0 Å². The summed E-state index contributed by atoms with van der Waals surface area (Å²) in [6.45, 7) is 3.08. The van der Waals surface area contributed by atoms with E-state index in [0.717, 1.165) is 13.0 Å². The molecule has 3 N–H and O–H groups in total. The maximum atomic E-state index is 12.1. The maximum Gasteiger partial charge on any atom is 0.232 e. The fourth-order valence-electron chi connectivity index (χ4n) is 2.22. The van der Waals surface area contributed by atoms with Gasteiger partial charge in [-0.05, 0) is 32.0 Å². The summed E-state index contributed by atoms with van der Waals surface area (Å²) in [7, 11) is -1.93. The molecule has 22 heavy (non-hydrogen) atoms. The van der Waals surface area contributed by atoms with Crippen LogP contribution in [0.1, 0.15) is 13.3 Å². The van der Waals surface area contributed by atoms with E-state index in [0.29, 0.717) is 23.7 Å². The summed E-state index contributed by atoms with van der Waals surface area (Å²) in [5.74, 6) is 0.251. The molecule has 122 valence electrons. The van der Waals surface area contributed by atoms with Gasteiger partial charge in [0.1, 0.15) is 5.75 Å². The van der Waals surface area contributed by atoms with Crippen molar-refractivity contribution in [1.82, 2.24) is 5.32 Å². The predicted molar refractivity (Wildman–Crippen MR) is 85.7 cm³/mol. The van der Waals surface area contributed by atoms with Crippen LogP contribution in [0.3, 0.4) is 0 Å². The molecule has 1 aromatic carbocycles. The van der Waals surface area contributed by atoms with Crippen LogP contribution in [0.5, 0.6) is 5.75 Å². The van der Waals surface area contributed by atoms with Gasteiger partial charge < -0.3 is 15.4 Å². The molecule has 0 saturated carbocycles. The first-order valence-electron chi connectivity index (χ1n) is 7.15. The van der Waals surface area contributed by atoms with E-state index in [4.69, 9.17) is 4.74 Å². The first kappa shape index (κ1) is 16.6. The molecule has 0 radical (unpaired) electrons. The van der Waals surface area contributed by atoms with Crippen LogP contribution in [0.15, 0.2) is 18.2 Å². The predicted octanol–water partition coefficient (Wildman–Crippen LogP) is 1.00. The minimum atomic E-state index is -3.38. The zero-order valence-electron chi connectivity index (χ0n) is 12.7. The topological polar surface area (TPSA) is 96.5 Å². The number of anilines is 2. The SMILES string of the molecule is CCS(=O)(=O)Nc1ccc(NC(=O)C2CCNC2)cc1OC. The number of ether oxygens (including phenoxy) is 1. The second-order valence-corrected chi connectivity index (χ2v) is 7.11. The highest BCUT2D eigenvalue weighted by atomic mass is 32.2. The Labute approximate surface area is 130 Å². The van der Waals surface area contributed by atoms with Crippen molar-refractivity contribution in [2.75, 3.05) is 36.0 Å². The van der Waals surface area contributed by atoms with E-state index >= 15 is 0 Å². The van der Waals surface area contributed by atoms with E-state index in [9.17, 15) is 13.2 Å². The largest absolute Gasteiger partial charge is 0.494 e. The summed E-state index contributed by atoms with van der Waals surface area (Å²) in [6.07, 6.45) is 0.817. The van der Waals surface area contributed by atoms with Gasteiger partial charge in [0.05, 0.1) is 24.5 Å². The second kappa shape index (κ2) is 6.97. The Bertz CT molecular complexity index is 639. The van der Waals surface area contributed by atoms with Crippen molar-refractivity contribution >= 4 is 27.3 Å². The third-order valence-corrected chi connectivity index (χ3v) is 4.84. The Balaban J connectivity index is 2.12. The van der Waals surface area contributed by atoms with Crippen molar-refractivity contribution in [3.63, 3.8) is 0 Å². The zero-order chi connectivity index (χ0) is 16.2. The van der Waals surface area contributed by atoms with Crippen molar-refractivity contribution in [2.24, 2.45) is 5.92 Å². The number of amides is 1. The van der Waals surface area contributed by atoms with Crippen molar-refractivity contribution in [3.8, 4) is 5.75 Å². The molecule has 8 heteroatoms. The van der Waals surface area contributed by atoms with E-state index in [-0.39, 0.29) is 17.6 Å². The van der Waals surface area contributed by atoms with Crippen LogP contribution < -0.4 is 20.1 Å². The lowest BCUT2D eigenvalue weighted by molar-refractivity contribution is -0.119. The zero-order valence-corrected chi connectivity index (χ0v) is 13.5. The summed E-state index contributed by atoms with van der Waals surface area (Å²) in [5.41, 5.74) is 0.929. The average molecular weight is 327 g/mol. The quantitative estimate of drug-likeness (QED) is 0.724. The molecule has 1 saturated heterocycles. The molecule has 2 rings (SSSR count). The smallest absolute Gasteiger partial charge is 0.232 e. The fourth-order valence-corrected chi connectivity index (χ4v) is 2.86. The van der Waals surface area contributed by atoms with Crippen molar-refractivity contribution < 1.29 is 17.9 Å². The summed E-state index contributed by atoms with van der Waals surface area (Å²) in [6, 6.07) is 4.83. The average Bonchev–Trinajstić information content (AvgIpc) is 3.03. The Morgan fingerprint density at radius 2 is 2.23 bits per heavy atom. The Morgan fingerprint density at radius 3 is 2.82 bits per heavy atom. The number of sulfonamides is 1. The number of methoxy groups -OCH3 is 1. The van der Waals surface area contributed by atoms with Gasteiger partial charge in [0.15, 0.2) is 0 Å². The molecule has 0 bridgehead atoms. The molecule has 1 heterocycles. The standard InChI is InChI=1S/C14H21N3O4S/c1-3-22(19,20)17-12-5-4-11(8-13(12)21-2)16-14(18)10-6-7-15-9-10/h4-5,8,10,15,17H,3,6-7,9H2,1-2H3,(H,16,18). The summed E-state index contributed by atoms with van der Waals surface area (Å²) in [5, 5.41) is 5.97. The van der Waals surface area contributed by atoms with E-state index in [1.54, 1.807) is 25.1 Å². The molecule has 1 aliphatic rings. The highest BCUT2D eigenvalue weighted by molar-refractivity contribution is 7.92. The van der Waals surface area contributed by atoms with Crippen LogP contribution >= 0.6 is 0 Å². The number of carbonyl (C=O) groups excluding carboxylic acids is 1. The van der Waals surface area contributed by atoms with Crippen molar-refractivity contribution in [2.45, 2.75) is 13.3 Å². The number of hydrogen-bond acceptors (Lipinski definition) is 5. The van der Waals surface area contributed by atoms with Crippen LogP contribution in [0.2, 0.25) is 0 Å². The van der Waals surface area contributed by atoms with Gasteiger partial charge in [-0.25, -0.2) is 8.42 Å². The lowest BCUT2D eigenvalue weighted by Crippen LogP contribution is -2.24. The molecule has 7 nitrogen and oxygen atoms in total. The maximum absolute atomic E-state index is 12.1. The molecule has 1 aliphatic heterocycles. The molecule has 1 unspecified atom stereocenters. The molecule has 0 spiro atoms. The minimum absolute atomic E-state index is 0.0245. The van der Waals surface area contributed by atoms with Crippen LogP contribution in [0.25, 0.3) is 0 Å². The number of carbonyl (C=O) groups is 1. The van der Waals surface area contributed by atoms with Gasteiger partial charge in [-0.3, -0.25) is 9.52 Å². The van der Waals surface area contributed by atoms with Crippen LogP contribution in [-0.4, -0.2) is 40.3 Å².